The van der Waals surface area contributed by atoms with Crippen molar-refractivity contribution in [1.29, 1.82) is 0 Å². The van der Waals surface area contributed by atoms with Crippen LogP contribution in [0.1, 0.15) is 37.6 Å². The second-order valence-electron chi connectivity index (χ2n) is 2.14. The molecule has 2 nitrogen and oxygen atoms in total. The summed E-state index contributed by atoms with van der Waals surface area (Å²) in [5, 5.41) is 0.365. The van der Waals surface area contributed by atoms with Gasteiger partial charge in [-0.05, 0) is 12.1 Å². The first-order valence-electron chi connectivity index (χ1n) is 4.38. The van der Waals surface area contributed by atoms with Crippen LogP contribution in [0, 0.1) is 0 Å². The summed E-state index contributed by atoms with van der Waals surface area (Å²) in [5.41, 5.74) is 0.632. The first kappa shape index (κ1) is 12.1. The van der Waals surface area contributed by atoms with Crippen LogP contribution >= 0.6 is 11.6 Å². The molecule has 0 saturated heterocycles. The van der Waals surface area contributed by atoms with Crippen LogP contribution in [0.15, 0.2) is 18.3 Å². The zero-order valence-electron chi connectivity index (χ0n) is 8.17. The van der Waals surface area contributed by atoms with Gasteiger partial charge in [-0.15, -0.1) is 0 Å². The largest absolute Gasteiger partial charge is 0.294 e. The molecule has 0 aromatic carbocycles. The van der Waals surface area contributed by atoms with E-state index in [0.717, 1.165) is 0 Å². The molecular weight excluding hydrogens is 186 g/mol. The summed E-state index contributed by atoms with van der Waals surface area (Å²) >= 11 is 5.58. The molecule has 13 heavy (non-hydrogen) atoms. The Morgan fingerprint density at radius 3 is 2.62 bits per heavy atom. The van der Waals surface area contributed by atoms with Crippen LogP contribution < -0.4 is 0 Å². The van der Waals surface area contributed by atoms with E-state index in [1.165, 1.54) is 6.20 Å². The fourth-order valence-corrected chi connectivity index (χ4v) is 0.954. The van der Waals surface area contributed by atoms with E-state index in [9.17, 15) is 4.79 Å². The van der Waals surface area contributed by atoms with E-state index in [4.69, 9.17) is 11.6 Å². The highest BCUT2D eigenvalue weighted by Crippen LogP contribution is 2.08. The molecule has 0 bridgehead atoms. The molecule has 3 heteroatoms. The average Bonchev–Trinajstić information content (AvgIpc) is 2.20. The SMILES string of the molecule is CC.CCC(=O)c1ccnc(Cl)c1. The van der Waals surface area contributed by atoms with Crippen molar-refractivity contribution in [2.45, 2.75) is 27.2 Å². The van der Waals surface area contributed by atoms with Crippen LogP contribution in [0.25, 0.3) is 0 Å². The lowest BCUT2D eigenvalue weighted by Crippen LogP contribution is -1.95. The van der Waals surface area contributed by atoms with Crippen LogP contribution in [0.2, 0.25) is 5.15 Å². The molecule has 0 amide bonds. The number of pyridine rings is 1. The Morgan fingerprint density at radius 2 is 2.15 bits per heavy atom. The molecule has 1 aromatic heterocycles. The molecule has 1 aromatic rings. The zero-order valence-corrected chi connectivity index (χ0v) is 8.93. The highest BCUT2D eigenvalue weighted by Gasteiger charge is 2.02. The molecule has 0 saturated carbocycles. The van der Waals surface area contributed by atoms with Crippen LogP contribution in [0.4, 0.5) is 0 Å². The second kappa shape index (κ2) is 6.61. The van der Waals surface area contributed by atoms with Gasteiger partial charge in [0.05, 0.1) is 0 Å². The lowest BCUT2D eigenvalue weighted by atomic mass is 10.1. The summed E-state index contributed by atoms with van der Waals surface area (Å²) in [4.78, 5) is 14.8. The number of aromatic nitrogens is 1. The van der Waals surface area contributed by atoms with Crippen molar-refractivity contribution in [1.82, 2.24) is 4.98 Å². The third kappa shape index (κ3) is 4.04. The van der Waals surface area contributed by atoms with Crippen molar-refractivity contribution in [3.05, 3.63) is 29.0 Å². The minimum absolute atomic E-state index is 0.0919. The molecule has 0 spiro atoms. The second-order valence-corrected chi connectivity index (χ2v) is 2.53. The van der Waals surface area contributed by atoms with Crippen LogP contribution in [0.3, 0.4) is 0 Å². The van der Waals surface area contributed by atoms with E-state index in [-0.39, 0.29) is 5.78 Å². The minimum Gasteiger partial charge on any atom is -0.294 e. The molecule has 0 atom stereocenters. The number of rotatable bonds is 2. The van der Waals surface area contributed by atoms with E-state index in [1.807, 2.05) is 20.8 Å². The van der Waals surface area contributed by atoms with Gasteiger partial charge in [0.25, 0.3) is 0 Å². The Kier molecular flexibility index (Phi) is 6.15. The van der Waals surface area contributed by atoms with E-state index in [1.54, 1.807) is 12.1 Å². The maximum Gasteiger partial charge on any atom is 0.162 e. The number of halogens is 1. The third-order valence-corrected chi connectivity index (χ3v) is 1.58. The maximum absolute atomic E-state index is 11.1. The lowest BCUT2D eigenvalue weighted by Gasteiger charge is -1.95. The minimum atomic E-state index is 0.0919. The smallest absolute Gasteiger partial charge is 0.162 e. The van der Waals surface area contributed by atoms with Gasteiger partial charge in [0.2, 0.25) is 0 Å². The van der Waals surface area contributed by atoms with Crippen LogP contribution in [-0.4, -0.2) is 10.8 Å². The van der Waals surface area contributed by atoms with Gasteiger partial charge < -0.3 is 0 Å². The number of hydrogen-bond acceptors (Lipinski definition) is 2. The van der Waals surface area contributed by atoms with E-state index >= 15 is 0 Å². The lowest BCUT2D eigenvalue weighted by molar-refractivity contribution is 0.0988. The van der Waals surface area contributed by atoms with Crippen molar-refractivity contribution in [2.75, 3.05) is 0 Å². The van der Waals surface area contributed by atoms with Crippen molar-refractivity contribution in [3.8, 4) is 0 Å². The topological polar surface area (TPSA) is 30.0 Å². The molecule has 72 valence electrons. The van der Waals surface area contributed by atoms with Crippen LogP contribution in [-0.2, 0) is 0 Å². The molecule has 0 unspecified atom stereocenters. The predicted octanol–water partition coefficient (Wildman–Crippen LogP) is 3.35. The summed E-state index contributed by atoms with van der Waals surface area (Å²) in [6.45, 7) is 5.82. The summed E-state index contributed by atoms with van der Waals surface area (Å²) < 4.78 is 0. The Labute approximate surface area is 83.9 Å². The molecule has 0 aliphatic rings. The highest BCUT2D eigenvalue weighted by molar-refractivity contribution is 6.29. The van der Waals surface area contributed by atoms with Crippen LogP contribution in [0.5, 0.6) is 0 Å². The van der Waals surface area contributed by atoms with Gasteiger partial charge in [-0.2, -0.15) is 0 Å². The number of Topliss-reactive ketones (excluding diaryl/α,β-unsaturated/α-hetero) is 1. The number of carbonyl (C=O) groups is 1. The van der Waals surface area contributed by atoms with Crippen molar-refractivity contribution < 1.29 is 4.79 Å². The van der Waals surface area contributed by atoms with Crippen molar-refractivity contribution in [2.24, 2.45) is 0 Å². The van der Waals surface area contributed by atoms with Gasteiger partial charge >= 0.3 is 0 Å². The summed E-state index contributed by atoms with van der Waals surface area (Å²) in [7, 11) is 0. The Hall–Kier alpha value is -0.890. The van der Waals surface area contributed by atoms with E-state index in [2.05, 4.69) is 4.98 Å². The van der Waals surface area contributed by atoms with E-state index < -0.39 is 0 Å². The number of ketones is 1. The first-order chi connectivity index (χ1) is 6.24. The van der Waals surface area contributed by atoms with Gasteiger partial charge in [-0.3, -0.25) is 4.79 Å². The quantitative estimate of drug-likeness (QED) is 0.540. The van der Waals surface area contributed by atoms with Gasteiger partial charge in [0, 0.05) is 18.2 Å². The number of hydrogen-bond donors (Lipinski definition) is 0. The predicted molar refractivity (Wildman–Crippen MR) is 55.2 cm³/mol. The molecule has 0 N–H and O–H groups in total. The third-order valence-electron chi connectivity index (χ3n) is 1.37. The number of carbonyl (C=O) groups excluding carboxylic acids is 1. The normalized spacial score (nSPS) is 8.62. The summed E-state index contributed by atoms with van der Waals surface area (Å²) in [6.07, 6.45) is 2.03. The van der Waals surface area contributed by atoms with Crippen molar-refractivity contribution >= 4 is 17.4 Å². The van der Waals surface area contributed by atoms with Gasteiger partial charge in [0.15, 0.2) is 5.78 Å². The Bertz CT molecular complexity index is 273. The van der Waals surface area contributed by atoms with Gasteiger partial charge in [0.1, 0.15) is 5.15 Å². The Morgan fingerprint density at radius 1 is 1.54 bits per heavy atom. The highest BCUT2D eigenvalue weighted by atomic mass is 35.5. The fourth-order valence-electron chi connectivity index (χ4n) is 0.780. The molecular formula is C10H14ClNO. The zero-order chi connectivity index (χ0) is 10.3. The summed E-state index contributed by atoms with van der Waals surface area (Å²) in [6, 6.07) is 3.24. The number of nitrogens with zero attached hydrogens (tertiary/aromatic N) is 1. The van der Waals surface area contributed by atoms with Crippen molar-refractivity contribution in [3.63, 3.8) is 0 Å². The van der Waals surface area contributed by atoms with E-state index in [0.29, 0.717) is 17.1 Å². The van der Waals surface area contributed by atoms with Gasteiger partial charge in [-0.1, -0.05) is 32.4 Å². The molecule has 1 rings (SSSR count). The maximum atomic E-state index is 11.1. The molecule has 0 radical (unpaired) electrons. The molecule has 1 heterocycles. The first-order valence-corrected chi connectivity index (χ1v) is 4.76. The summed E-state index contributed by atoms with van der Waals surface area (Å²) in [5.74, 6) is 0.0919. The van der Waals surface area contributed by atoms with Gasteiger partial charge in [-0.25, -0.2) is 4.98 Å². The fraction of sp³-hybridized carbons (Fsp3) is 0.400. The molecule has 0 aliphatic heterocycles. The Balaban J connectivity index is 0.000000671. The standard InChI is InChI=1S/C8H8ClNO.C2H6/c1-2-7(11)6-3-4-10-8(9)5-6;1-2/h3-5H,2H2,1H3;1-2H3. The average molecular weight is 200 g/mol. The molecule has 0 fully saturated rings. The monoisotopic (exact) mass is 199 g/mol. The molecule has 0 aliphatic carbocycles.